The van der Waals surface area contributed by atoms with Gasteiger partial charge < -0.3 is 10.1 Å². The molecule has 0 atom stereocenters. The Morgan fingerprint density at radius 1 is 1.50 bits per heavy atom. The number of morpholine rings is 1. The zero-order valence-corrected chi connectivity index (χ0v) is 7.08. The van der Waals surface area contributed by atoms with Crippen LogP contribution < -0.4 is 5.32 Å². The van der Waals surface area contributed by atoms with Crippen LogP contribution in [0.15, 0.2) is 0 Å². The highest BCUT2D eigenvalue weighted by Gasteiger charge is 2.10. The first kappa shape index (κ1) is 9.48. The summed E-state index contributed by atoms with van der Waals surface area (Å²) in [5.41, 5.74) is 0. The molecule has 0 spiro atoms. The van der Waals surface area contributed by atoms with Crippen LogP contribution in [0.5, 0.6) is 0 Å². The maximum absolute atomic E-state index is 10.8. The van der Waals surface area contributed by atoms with Gasteiger partial charge in [-0.1, -0.05) is 0 Å². The molecule has 0 aromatic heterocycles. The Bertz CT molecular complexity index is 144. The van der Waals surface area contributed by atoms with E-state index in [-0.39, 0.29) is 5.91 Å². The van der Waals surface area contributed by atoms with Gasteiger partial charge in [0.05, 0.1) is 20.3 Å². The number of amides is 1. The number of carbonyl (C=O) groups is 1. The quantitative estimate of drug-likeness (QED) is 0.580. The molecule has 1 aliphatic heterocycles. The van der Waals surface area contributed by atoms with E-state index in [9.17, 15) is 4.79 Å². The molecule has 2 radical (unpaired) electrons. The van der Waals surface area contributed by atoms with Crippen molar-refractivity contribution in [2.24, 2.45) is 0 Å². The minimum Gasteiger partial charge on any atom is -0.379 e. The second kappa shape index (κ2) is 5.11. The second-order valence-electron chi connectivity index (χ2n) is 2.77. The van der Waals surface area contributed by atoms with E-state index in [1.165, 1.54) is 0 Å². The van der Waals surface area contributed by atoms with Crippen molar-refractivity contribution in [3.8, 4) is 0 Å². The summed E-state index contributed by atoms with van der Waals surface area (Å²) in [6, 6.07) is 0. The van der Waals surface area contributed by atoms with E-state index >= 15 is 0 Å². The molecule has 1 aliphatic rings. The van der Waals surface area contributed by atoms with Crippen LogP contribution in [0, 0.1) is 7.05 Å². The predicted molar refractivity (Wildman–Crippen MR) is 44.3 cm³/mol. The number of hydrogen-bond donors (Lipinski definition) is 1. The van der Waals surface area contributed by atoms with E-state index in [2.05, 4.69) is 10.2 Å². The highest BCUT2D eigenvalue weighted by atomic mass is 16.5. The van der Waals surface area contributed by atoms with Gasteiger partial charge in [-0.2, -0.15) is 0 Å². The van der Waals surface area contributed by atoms with Crippen LogP contribution in [0.1, 0.15) is 6.42 Å². The van der Waals surface area contributed by atoms with Crippen LogP contribution in [0.3, 0.4) is 0 Å². The van der Waals surface area contributed by atoms with Gasteiger partial charge in [0.2, 0.25) is 5.91 Å². The van der Waals surface area contributed by atoms with Gasteiger partial charge in [-0.25, -0.2) is 0 Å². The largest absolute Gasteiger partial charge is 0.379 e. The van der Waals surface area contributed by atoms with Crippen molar-refractivity contribution in [3.05, 3.63) is 7.05 Å². The summed E-state index contributed by atoms with van der Waals surface area (Å²) >= 11 is 0. The van der Waals surface area contributed by atoms with Crippen LogP contribution in [-0.4, -0.2) is 43.7 Å². The third-order valence-corrected chi connectivity index (χ3v) is 1.92. The number of ether oxygens (including phenoxy) is 1. The maximum atomic E-state index is 10.8. The fourth-order valence-corrected chi connectivity index (χ4v) is 1.16. The van der Waals surface area contributed by atoms with Crippen LogP contribution in [0.25, 0.3) is 0 Å². The highest BCUT2D eigenvalue weighted by Crippen LogP contribution is 1.97. The Labute approximate surface area is 72.9 Å². The zero-order valence-electron chi connectivity index (χ0n) is 7.08. The minimum atomic E-state index is -0.110. The van der Waals surface area contributed by atoms with Gasteiger partial charge in [0.25, 0.3) is 0 Å². The van der Waals surface area contributed by atoms with Crippen LogP contribution in [0.4, 0.5) is 0 Å². The number of rotatable bonds is 3. The first-order valence-corrected chi connectivity index (χ1v) is 4.12. The van der Waals surface area contributed by atoms with Gasteiger partial charge >= 0.3 is 0 Å². The minimum absolute atomic E-state index is 0.110. The first-order chi connectivity index (χ1) is 5.83. The molecule has 0 aliphatic carbocycles. The third kappa shape index (κ3) is 3.19. The first-order valence-electron chi connectivity index (χ1n) is 4.12. The standard InChI is InChI=1S/C8H14N2O2/c1-9-8(11)2-3-10-4-6-12-7-5-10/h1H,2-7H2,(H,9,11). The third-order valence-electron chi connectivity index (χ3n) is 1.92. The lowest BCUT2D eigenvalue weighted by atomic mass is 10.3. The lowest BCUT2D eigenvalue weighted by Crippen LogP contribution is -2.38. The summed E-state index contributed by atoms with van der Waals surface area (Å²) in [7, 11) is 4.94. The highest BCUT2D eigenvalue weighted by molar-refractivity contribution is 5.76. The monoisotopic (exact) mass is 170 g/mol. The van der Waals surface area contributed by atoms with E-state index < -0.39 is 0 Å². The van der Waals surface area contributed by atoms with E-state index in [0.29, 0.717) is 6.42 Å². The summed E-state index contributed by atoms with van der Waals surface area (Å²) in [5, 5.41) is 2.11. The van der Waals surface area contributed by atoms with Gasteiger partial charge in [0, 0.05) is 26.1 Å². The van der Waals surface area contributed by atoms with Crippen molar-refractivity contribution in [2.45, 2.75) is 6.42 Å². The van der Waals surface area contributed by atoms with Gasteiger partial charge in [0.15, 0.2) is 0 Å². The molecule has 1 amide bonds. The van der Waals surface area contributed by atoms with E-state index in [0.717, 1.165) is 32.8 Å². The average molecular weight is 170 g/mol. The molecule has 0 aromatic rings. The molecule has 1 saturated heterocycles. The van der Waals surface area contributed by atoms with Crippen molar-refractivity contribution in [3.63, 3.8) is 0 Å². The van der Waals surface area contributed by atoms with Gasteiger partial charge in [0.1, 0.15) is 0 Å². The molecule has 0 aromatic carbocycles. The number of carbonyl (C=O) groups excluding carboxylic acids is 1. The Morgan fingerprint density at radius 2 is 2.17 bits per heavy atom. The lowest BCUT2D eigenvalue weighted by Gasteiger charge is -2.25. The number of nitrogens with one attached hydrogen (secondary N) is 1. The van der Waals surface area contributed by atoms with Crippen LogP contribution in [0.2, 0.25) is 0 Å². The Kier molecular flexibility index (Phi) is 4.04. The van der Waals surface area contributed by atoms with Crippen LogP contribution >= 0.6 is 0 Å². The van der Waals surface area contributed by atoms with Crippen LogP contribution in [-0.2, 0) is 9.53 Å². The molecule has 0 bridgehead atoms. The van der Waals surface area contributed by atoms with Gasteiger partial charge in [-0.05, 0) is 0 Å². The fraction of sp³-hybridized carbons (Fsp3) is 0.750. The Hall–Kier alpha value is -0.610. The molecular weight excluding hydrogens is 156 g/mol. The maximum Gasteiger partial charge on any atom is 0.221 e. The molecule has 0 saturated carbocycles. The number of nitrogens with zero attached hydrogens (tertiary/aromatic N) is 1. The SMILES string of the molecule is [CH]NC(=O)CCN1CCOCC1. The molecular formula is C8H14N2O2. The molecule has 4 heteroatoms. The van der Waals surface area contributed by atoms with Crippen molar-refractivity contribution >= 4 is 5.91 Å². The predicted octanol–water partition coefficient (Wildman–Crippen LogP) is -0.507. The summed E-state index contributed by atoms with van der Waals surface area (Å²) in [5.74, 6) is -0.110. The van der Waals surface area contributed by atoms with Crippen molar-refractivity contribution in [1.29, 1.82) is 0 Å². The summed E-state index contributed by atoms with van der Waals surface area (Å²) in [6.45, 7) is 4.14. The van der Waals surface area contributed by atoms with E-state index in [1.807, 2.05) is 0 Å². The van der Waals surface area contributed by atoms with E-state index in [1.54, 1.807) is 0 Å². The summed E-state index contributed by atoms with van der Waals surface area (Å²) in [6.07, 6.45) is 0.469. The smallest absolute Gasteiger partial charge is 0.221 e. The molecule has 1 N–H and O–H groups in total. The van der Waals surface area contributed by atoms with Crippen molar-refractivity contribution in [1.82, 2.24) is 10.2 Å². The summed E-state index contributed by atoms with van der Waals surface area (Å²) < 4.78 is 5.17. The zero-order chi connectivity index (χ0) is 8.81. The van der Waals surface area contributed by atoms with Crippen molar-refractivity contribution < 1.29 is 9.53 Å². The fourth-order valence-electron chi connectivity index (χ4n) is 1.16. The molecule has 68 valence electrons. The molecule has 1 heterocycles. The molecule has 0 unspecified atom stereocenters. The second-order valence-corrected chi connectivity index (χ2v) is 2.77. The molecule has 1 fully saturated rings. The van der Waals surface area contributed by atoms with Gasteiger partial charge in [-0.15, -0.1) is 0 Å². The molecule has 4 nitrogen and oxygen atoms in total. The Morgan fingerprint density at radius 3 is 2.75 bits per heavy atom. The summed E-state index contributed by atoms with van der Waals surface area (Å²) in [4.78, 5) is 13.0. The Balaban J connectivity index is 2.09. The lowest BCUT2D eigenvalue weighted by molar-refractivity contribution is -0.120. The number of hydrogen-bond acceptors (Lipinski definition) is 3. The average Bonchev–Trinajstić information content (AvgIpc) is 2.16. The van der Waals surface area contributed by atoms with E-state index in [4.69, 9.17) is 11.8 Å². The normalized spacial score (nSPS) is 19.1. The molecule has 12 heavy (non-hydrogen) atoms. The van der Waals surface area contributed by atoms with Crippen molar-refractivity contribution in [2.75, 3.05) is 32.8 Å². The molecule has 1 rings (SSSR count). The topological polar surface area (TPSA) is 41.6 Å². The van der Waals surface area contributed by atoms with Gasteiger partial charge in [-0.3, -0.25) is 9.69 Å².